The molecule has 9 heteroatoms. The number of hydrogen-bond donors (Lipinski definition) is 3. The summed E-state index contributed by atoms with van der Waals surface area (Å²) in [6.45, 7) is 2.09. The van der Waals surface area contributed by atoms with Crippen LogP contribution >= 0.6 is 0 Å². The van der Waals surface area contributed by atoms with Gasteiger partial charge in [-0.05, 0) is 18.1 Å². The van der Waals surface area contributed by atoms with Gasteiger partial charge in [-0.3, -0.25) is 4.79 Å². The van der Waals surface area contributed by atoms with Crippen LogP contribution in [-0.2, 0) is 16.0 Å². The monoisotopic (exact) mass is 405 g/mol. The first-order valence-corrected chi connectivity index (χ1v) is 9.29. The fourth-order valence-electron chi connectivity index (χ4n) is 2.98. The first-order chi connectivity index (χ1) is 13.4. The molecule has 0 fully saturated rings. The lowest BCUT2D eigenvalue weighted by atomic mass is 10.0. The summed E-state index contributed by atoms with van der Waals surface area (Å²) in [5, 5.41) is 21.2. The second-order valence-electron chi connectivity index (χ2n) is 6.60. The maximum absolute atomic E-state index is 12.2. The van der Waals surface area contributed by atoms with Gasteiger partial charge >= 0.3 is 11.9 Å². The van der Waals surface area contributed by atoms with Crippen LogP contribution in [0.15, 0.2) is 36.8 Å². The number of rotatable bonds is 11. The topological polar surface area (TPSA) is 153 Å². The van der Waals surface area contributed by atoms with Crippen LogP contribution in [0, 0.1) is 0 Å². The maximum Gasteiger partial charge on any atom is 0.335 e. The average Bonchev–Trinajstić information content (AvgIpc) is 3.09. The van der Waals surface area contributed by atoms with E-state index in [2.05, 4.69) is 17.2 Å². The molecule has 0 aliphatic rings. The van der Waals surface area contributed by atoms with Crippen LogP contribution in [0.5, 0.6) is 0 Å². The Bertz CT molecular complexity index is 833. The van der Waals surface area contributed by atoms with Gasteiger partial charge in [-0.2, -0.15) is 0 Å². The van der Waals surface area contributed by atoms with Crippen LogP contribution in [-0.4, -0.2) is 43.1 Å². The van der Waals surface area contributed by atoms with E-state index < -0.39 is 23.9 Å². The molecular formula is C20H27N3O6. The van der Waals surface area contributed by atoms with E-state index in [1.54, 1.807) is 18.2 Å². The van der Waals surface area contributed by atoms with E-state index in [9.17, 15) is 24.6 Å². The van der Waals surface area contributed by atoms with Crippen LogP contribution in [0.3, 0.4) is 0 Å². The number of hydrogen-bond acceptors (Lipinski definition) is 4. The molecule has 0 saturated heterocycles. The molecule has 0 bridgehead atoms. The fraction of sp³-hybridized carbons (Fsp3) is 0.400. The van der Waals surface area contributed by atoms with Crippen LogP contribution < -0.4 is 5.32 Å². The number of aliphatic carboxylic acids is 1. The van der Waals surface area contributed by atoms with E-state index in [0.29, 0.717) is 12.0 Å². The quantitative estimate of drug-likeness (QED) is 0.488. The van der Waals surface area contributed by atoms with Crippen molar-refractivity contribution in [3.63, 3.8) is 0 Å². The van der Waals surface area contributed by atoms with Crippen molar-refractivity contribution in [3.05, 3.63) is 47.9 Å². The molecule has 1 aromatic carbocycles. The molecule has 1 heterocycles. The molecule has 0 aliphatic carbocycles. The Labute approximate surface area is 168 Å². The number of benzene rings is 1. The van der Waals surface area contributed by atoms with Crippen LogP contribution in [0.4, 0.5) is 5.82 Å². The molecule has 0 spiro atoms. The number of carboxylic acid groups (broad SMARTS) is 2. The number of imidazole rings is 1. The number of carboxylic acids is 2. The molecule has 9 nitrogen and oxygen atoms in total. The van der Waals surface area contributed by atoms with Crippen molar-refractivity contribution in [2.45, 2.75) is 51.5 Å². The Morgan fingerprint density at radius 2 is 1.86 bits per heavy atom. The van der Waals surface area contributed by atoms with Crippen molar-refractivity contribution in [2.24, 2.45) is 0 Å². The van der Waals surface area contributed by atoms with Gasteiger partial charge in [-0.25, -0.2) is 14.6 Å². The number of carbonyl (C=O) groups excluding carboxylic acids is 1. The van der Waals surface area contributed by atoms with Gasteiger partial charge in [0.1, 0.15) is 6.04 Å². The number of carbonyl (C=O) groups is 3. The third kappa shape index (κ3) is 7.04. The summed E-state index contributed by atoms with van der Waals surface area (Å²) < 4.78 is 1.48. The number of anilines is 1. The van der Waals surface area contributed by atoms with E-state index in [1.807, 2.05) is 0 Å². The van der Waals surface area contributed by atoms with Crippen molar-refractivity contribution < 1.29 is 30.1 Å². The fourth-order valence-corrected chi connectivity index (χ4v) is 2.98. The predicted molar refractivity (Wildman–Crippen MR) is 107 cm³/mol. The van der Waals surface area contributed by atoms with Gasteiger partial charge < -0.3 is 25.6 Å². The molecule has 158 valence electrons. The van der Waals surface area contributed by atoms with Gasteiger partial charge in [0.15, 0.2) is 5.82 Å². The molecule has 29 heavy (non-hydrogen) atoms. The van der Waals surface area contributed by atoms with Gasteiger partial charge in [0.25, 0.3) is 0 Å². The van der Waals surface area contributed by atoms with E-state index in [-0.39, 0.29) is 23.3 Å². The highest BCUT2D eigenvalue weighted by Crippen LogP contribution is 2.19. The summed E-state index contributed by atoms with van der Waals surface area (Å²) in [5.41, 5.74) is 0.465. The summed E-state index contributed by atoms with van der Waals surface area (Å²) >= 11 is 0. The van der Waals surface area contributed by atoms with E-state index >= 15 is 0 Å². The lowest BCUT2D eigenvalue weighted by Crippen LogP contribution is -2.18. The third-order valence-corrected chi connectivity index (χ3v) is 4.44. The smallest absolute Gasteiger partial charge is 0.335 e. The highest BCUT2D eigenvalue weighted by atomic mass is 16.4. The second-order valence-corrected chi connectivity index (χ2v) is 6.60. The van der Waals surface area contributed by atoms with E-state index in [0.717, 1.165) is 25.7 Å². The van der Waals surface area contributed by atoms with Crippen molar-refractivity contribution in [2.75, 3.05) is 5.32 Å². The molecule has 1 aromatic heterocycles. The molecule has 0 aliphatic heterocycles. The summed E-state index contributed by atoms with van der Waals surface area (Å²) in [6.07, 6.45) is 7.16. The summed E-state index contributed by atoms with van der Waals surface area (Å²) in [5.74, 6) is -2.23. The zero-order valence-electron chi connectivity index (χ0n) is 16.3. The van der Waals surface area contributed by atoms with Crippen molar-refractivity contribution >= 4 is 23.7 Å². The third-order valence-electron chi connectivity index (χ3n) is 4.44. The number of nitrogens with zero attached hydrogens (tertiary/aromatic N) is 2. The molecule has 2 rings (SSSR count). The first-order valence-electron chi connectivity index (χ1n) is 9.29. The summed E-state index contributed by atoms with van der Waals surface area (Å²) in [6, 6.07) is 5.55. The first kappa shape index (κ1) is 23.8. The minimum absolute atomic E-state index is 0. The maximum atomic E-state index is 12.2. The molecule has 1 unspecified atom stereocenters. The Morgan fingerprint density at radius 3 is 2.52 bits per heavy atom. The number of amides is 1. The van der Waals surface area contributed by atoms with E-state index in [4.69, 9.17) is 0 Å². The normalized spacial score (nSPS) is 11.3. The Hall–Kier alpha value is -3.20. The predicted octanol–water partition coefficient (Wildman–Crippen LogP) is 2.53. The number of nitrogens with one attached hydrogen (secondary N) is 1. The van der Waals surface area contributed by atoms with Crippen molar-refractivity contribution in [1.29, 1.82) is 0 Å². The highest BCUT2D eigenvalue weighted by Gasteiger charge is 2.20. The van der Waals surface area contributed by atoms with E-state index in [1.165, 1.54) is 23.2 Å². The van der Waals surface area contributed by atoms with Crippen LogP contribution in [0.25, 0.3) is 0 Å². The largest absolute Gasteiger partial charge is 0.480 e. The van der Waals surface area contributed by atoms with Crippen molar-refractivity contribution in [3.8, 4) is 0 Å². The number of unbranched alkanes of at least 4 members (excludes halogenated alkanes) is 3. The van der Waals surface area contributed by atoms with Gasteiger partial charge in [0.05, 0.1) is 18.3 Å². The second kappa shape index (κ2) is 11.6. The average molecular weight is 405 g/mol. The molecular weight excluding hydrogens is 378 g/mol. The van der Waals surface area contributed by atoms with Crippen LogP contribution in [0.2, 0.25) is 0 Å². The SMILES string of the molecule is CCCCCCC(C(=O)O)n1cnc(NC(=O)Cc2ccccc2C(=O)O)c1.O. The zero-order valence-corrected chi connectivity index (χ0v) is 16.3. The Balaban J connectivity index is 0.00000420. The Kier molecular flexibility index (Phi) is 9.54. The van der Waals surface area contributed by atoms with Crippen molar-refractivity contribution in [1.82, 2.24) is 9.55 Å². The Morgan fingerprint density at radius 1 is 1.14 bits per heavy atom. The molecule has 0 saturated carbocycles. The molecule has 5 N–H and O–H groups in total. The van der Waals surface area contributed by atoms with Gasteiger partial charge in [0, 0.05) is 6.20 Å². The van der Waals surface area contributed by atoms with Crippen LogP contribution in [0.1, 0.15) is 61.0 Å². The molecule has 1 atom stereocenters. The van der Waals surface area contributed by atoms with Gasteiger partial charge in [0.2, 0.25) is 5.91 Å². The summed E-state index contributed by atoms with van der Waals surface area (Å²) in [4.78, 5) is 39.1. The highest BCUT2D eigenvalue weighted by molar-refractivity contribution is 5.95. The minimum atomic E-state index is -1.10. The number of aromatic nitrogens is 2. The number of aromatic carboxylic acids is 1. The minimum Gasteiger partial charge on any atom is -0.480 e. The van der Waals surface area contributed by atoms with Gasteiger partial charge in [-0.1, -0.05) is 50.8 Å². The summed E-state index contributed by atoms with van der Waals surface area (Å²) in [7, 11) is 0. The molecule has 2 aromatic rings. The zero-order chi connectivity index (χ0) is 20.5. The molecule has 1 amide bonds. The standard InChI is InChI=1S/C20H25N3O5.H2O/c1-2-3-4-5-10-16(20(27)28)23-12-17(21-13-23)22-18(24)11-14-8-6-7-9-15(14)19(25)26;/h6-9,12-13,16H,2-5,10-11H2,1H3,(H,22,24)(H,25,26)(H,27,28);1H2. The molecule has 0 radical (unpaired) electrons. The van der Waals surface area contributed by atoms with Gasteiger partial charge in [-0.15, -0.1) is 0 Å². The lowest BCUT2D eigenvalue weighted by Gasteiger charge is -2.13. The lowest BCUT2D eigenvalue weighted by molar-refractivity contribution is -0.141.